The monoisotopic (exact) mass is 395 g/mol. The third-order valence-corrected chi connectivity index (χ3v) is 6.23. The molecule has 2 saturated heterocycles. The normalized spacial score (nSPS) is 33.8. The van der Waals surface area contributed by atoms with Gasteiger partial charge in [0.2, 0.25) is 0 Å². The van der Waals surface area contributed by atoms with Gasteiger partial charge in [0.15, 0.2) is 0 Å². The van der Waals surface area contributed by atoms with Crippen LogP contribution in [0.15, 0.2) is 0 Å². The molecular weight excluding hydrogens is 358 g/mol. The first-order valence-electron chi connectivity index (χ1n) is 10.9. The summed E-state index contributed by atoms with van der Waals surface area (Å²) in [4.78, 5) is 26.9. The van der Waals surface area contributed by atoms with Crippen molar-refractivity contribution in [2.24, 2.45) is 11.8 Å². The van der Waals surface area contributed by atoms with Crippen LogP contribution in [-0.4, -0.2) is 46.5 Å². The van der Waals surface area contributed by atoms with E-state index in [1.807, 2.05) is 41.5 Å². The van der Waals surface area contributed by atoms with E-state index in [9.17, 15) is 9.59 Å². The van der Waals surface area contributed by atoms with Crippen molar-refractivity contribution < 1.29 is 23.8 Å². The summed E-state index contributed by atoms with van der Waals surface area (Å²) in [5.74, 6) is 0.277. The third kappa shape index (κ3) is 4.64. The van der Waals surface area contributed by atoms with Crippen molar-refractivity contribution in [3.05, 3.63) is 0 Å². The molecule has 160 valence electrons. The van der Waals surface area contributed by atoms with Crippen LogP contribution < -0.4 is 0 Å². The molecule has 1 aliphatic carbocycles. The van der Waals surface area contributed by atoms with E-state index >= 15 is 0 Å². The number of amides is 1. The fourth-order valence-corrected chi connectivity index (χ4v) is 4.97. The highest BCUT2D eigenvalue weighted by atomic mass is 16.6. The van der Waals surface area contributed by atoms with E-state index in [4.69, 9.17) is 14.2 Å². The molecule has 0 spiro atoms. The van der Waals surface area contributed by atoms with Crippen molar-refractivity contribution >= 4 is 12.1 Å². The van der Waals surface area contributed by atoms with Crippen LogP contribution in [0.2, 0.25) is 0 Å². The SMILES string of the molecule is C[C@H]1C[C@@H](C2OC(C)(C)N(C(=O)OC(C)(C)C)C2CC2CCCCC2)OC1=O. The van der Waals surface area contributed by atoms with Gasteiger partial charge in [0.25, 0.3) is 0 Å². The van der Waals surface area contributed by atoms with Gasteiger partial charge >= 0.3 is 12.1 Å². The predicted octanol–water partition coefficient (Wildman–Crippen LogP) is 4.65. The molecule has 2 aliphatic heterocycles. The number of cyclic esters (lactones) is 1. The van der Waals surface area contributed by atoms with Crippen molar-refractivity contribution in [2.75, 3.05) is 0 Å². The summed E-state index contributed by atoms with van der Waals surface area (Å²) in [5.41, 5.74) is -1.38. The predicted molar refractivity (Wildman–Crippen MR) is 106 cm³/mol. The number of carbonyl (C=O) groups excluding carboxylic acids is 2. The Bertz CT molecular complexity index is 590. The van der Waals surface area contributed by atoms with Gasteiger partial charge in [-0.15, -0.1) is 0 Å². The van der Waals surface area contributed by atoms with Gasteiger partial charge in [-0.1, -0.05) is 39.0 Å². The Labute approximate surface area is 169 Å². The van der Waals surface area contributed by atoms with Crippen LogP contribution in [0, 0.1) is 11.8 Å². The Morgan fingerprint density at radius 2 is 1.86 bits per heavy atom. The highest BCUT2D eigenvalue weighted by Crippen LogP contribution is 2.42. The summed E-state index contributed by atoms with van der Waals surface area (Å²) < 4.78 is 17.8. The van der Waals surface area contributed by atoms with E-state index in [0.29, 0.717) is 12.3 Å². The first-order valence-corrected chi connectivity index (χ1v) is 10.9. The molecule has 3 rings (SSSR count). The molecule has 6 nitrogen and oxygen atoms in total. The maximum absolute atomic E-state index is 13.1. The second kappa shape index (κ2) is 7.85. The fourth-order valence-electron chi connectivity index (χ4n) is 4.97. The van der Waals surface area contributed by atoms with Crippen LogP contribution in [0.25, 0.3) is 0 Å². The van der Waals surface area contributed by atoms with Crippen LogP contribution >= 0.6 is 0 Å². The Kier molecular flexibility index (Phi) is 6.00. The number of esters is 1. The van der Waals surface area contributed by atoms with Crippen LogP contribution in [0.4, 0.5) is 4.79 Å². The van der Waals surface area contributed by atoms with E-state index in [1.54, 1.807) is 4.90 Å². The van der Waals surface area contributed by atoms with Crippen LogP contribution in [0.5, 0.6) is 0 Å². The quantitative estimate of drug-likeness (QED) is 0.651. The zero-order valence-electron chi connectivity index (χ0n) is 18.3. The van der Waals surface area contributed by atoms with Gasteiger partial charge in [-0.3, -0.25) is 9.69 Å². The Morgan fingerprint density at radius 3 is 2.39 bits per heavy atom. The minimum atomic E-state index is -0.801. The van der Waals surface area contributed by atoms with Gasteiger partial charge in [0.1, 0.15) is 23.5 Å². The highest BCUT2D eigenvalue weighted by Gasteiger charge is 2.56. The van der Waals surface area contributed by atoms with Crippen molar-refractivity contribution in [3.8, 4) is 0 Å². The maximum Gasteiger partial charge on any atom is 0.412 e. The van der Waals surface area contributed by atoms with E-state index in [0.717, 1.165) is 6.42 Å². The lowest BCUT2D eigenvalue weighted by Crippen LogP contribution is -2.51. The summed E-state index contributed by atoms with van der Waals surface area (Å²) >= 11 is 0. The largest absolute Gasteiger partial charge is 0.459 e. The summed E-state index contributed by atoms with van der Waals surface area (Å²) in [7, 11) is 0. The standard InChI is InChI=1S/C22H37NO5/c1-14-12-17(26-19(14)24)18-16(13-15-10-8-7-9-11-15)23(22(5,6)27-18)20(25)28-21(2,3)4/h14-18H,7-13H2,1-6H3/t14-,16?,17-,18?/m0/s1. The smallest absolute Gasteiger partial charge is 0.412 e. The Hall–Kier alpha value is -1.30. The fraction of sp³-hybridized carbons (Fsp3) is 0.909. The van der Waals surface area contributed by atoms with Gasteiger partial charge in [-0.25, -0.2) is 4.79 Å². The lowest BCUT2D eigenvalue weighted by molar-refractivity contribution is -0.152. The minimum absolute atomic E-state index is 0.123. The zero-order chi connectivity index (χ0) is 20.7. The molecule has 0 N–H and O–H groups in total. The Balaban J connectivity index is 1.86. The lowest BCUT2D eigenvalue weighted by Gasteiger charge is -2.37. The summed E-state index contributed by atoms with van der Waals surface area (Å²) in [6.45, 7) is 11.3. The first kappa shape index (κ1) is 21.4. The van der Waals surface area contributed by atoms with Gasteiger partial charge in [0.05, 0.1) is 12.0 Å². The van der Waals surface area contributed by atoms with E-state index in [1.165, 1.54) is 32.1 Å². The number of hydrogen-bond donors (Lipinski definition) is 0. The minimum Gasteiger partial charge on any atom is -0.459 e. The van der Waals surface area contributed by atoms with Gasteiger partial charge in [-0.05, 0) is 47.0 Å². The summed E-state index contributed by atoms with van der Waals surface area (Å²) in [6, 6.07) is -0.143. The molecule has 28 heavy (non-hydrogen) atoms. The average Bonchev–Trinajstić information content (AvgIpc) is 3.03. The molecule has 0 aromatic rings. The van der Waals surface area contributed by atoms with E-state index < -0.39 is 11.3 Å². The number of ether oxygens (including phenoxy) is 3. The van der Waals surface area contributed by atoms with E-state index in [2.05, 4.69) is 0 Å². The second-order valence-corrected chi connectivity index (χ2v) is 10.3. The molecule has 0 radical (unpaired) electrons. The van der Waals surface area contributed by atoms with Gasteiger partial charge < -0.3 is 14.2 Å². The molecular formula is C22H37NO5. The van der Waals surface area contributed by atoms with Gasteiger partial charge in [0, 0.05) is 6.42 Å². The summed E-state index contributed by atoms with van der Waals surface area (Å²) in [6.07, 6.45) is 6.71. The summed E-state index contributed by atoms with van der Waals surface area (Å²) in [5, 5.41) is 0. The Morgan fingerprint density at radius 1 is 1.21 bits per heavy atom. The average molecular weight is 396 g/mol. The van der Waals surface area contributed by atoms with Crippen molar-refractivity contribution in [2.45, 2.75) is 116 Å². The first-order chi connectivity index (χ1) is 13.0. The van der Waals surface area contributed by atoms with Crippen LogP contribution in [0.3, 0.4) is 0 Å². The molecule has 1 amide bonds. The molecule has 4 atom stereocenters. The third-order valence-electron chi connectivity index (χ3n) is 6.23. The van der Waals surface area contributed by atoms with Crippen molar-refractivity contribution in [1.29, 1.82) is 0 Å². The number of hydrogen-bond acceptors (Lipinski definition) is 5. The second-order valence-electron chi connectivity index (χ2n) is 10.3. The molecule has 2 heterocycles. The van der Waals surface area contributed by atoms with Gasteiger partial charge in [-0.2, -0.15) is 0 Å². The molecule has 0 aromatic heterocycles. The lowest BCUT2D eigenvalue weighted by atomic mass is 9.82. The molecule has 0 aromatic carbocycles. The molecule has 6 heteroatoms. The molecule has 1 saturated carbocycles. The highest BCUT2D eigenvalue weighted by molar-refractivity contribution is 5.74. The number of carbonyl (C=O) groups is 2. The zero-order valence-corrected chi connectivity index (χ0v) is 18.3. The van der Waals surface area contributed by atoms with Crippen LogP contribution in [0.1, 0.15) is 86.5 Å². The molecule has 0 bridgehead atoms. The number of rotatable bonds is 3. The molecule has 2 unspecified atom stereocenters. The van der Waals surface area contributed by atoms with Crippen molar-refractivity contribution in [1.82, 2.24) is 4.90 Å². The van der Waals surface area contributed by atoms with Crippen molar-refractivity contribution in [3.63, 3.8) is 0 Å². The van der Waals surface area contributed by atoms with Crippen LogP contribution in [-0.2, 0) is 19.0 Å². The van der Waals surface area contributed by atoms with E-state index in [-0.39, 0.29) is 36.2 Å². The molecule has 3 fully saturated rings. The number of nitrogens with zero attached hydrogens (tertiary/aromatic N) is 1. The topological polar surface area (TPSA) is 65.1 Å². The maximum atomic E-state index is 13.1. The molecule has 3 aliphatic rings.